The number of carbonyl (C=O) groups excluding carboxylic acids is 1. The molecule has 0 atom stereocenters. The molecule has 1 fully saturated rings. The molecule has 0 aliphatic carbocycles. The van der Waals surface area contributed by atoms with E-state index in [2.05, 4.69) is 10.4 Å². The van der Waals surface area contributed by atoms with Gasteiger partial charge in [-0.15, -0.1) is 0 Å². The van der Waals surface area contributed by atoms with Crippen LogP contribution in [-0.2, 0) is 4.79 Å². The van der Waals surface area contributed by atoms with Gasteiger partial charge < -0.3 is 4.90 Å². The molecule has 0 bridgehead atoms. The highest BCUT2D eigenvalue weighted by Gasteiger charge is 2.27. The zero-order chi connectivity index (χ0) is 9.97. The first-order chi connectivity index (χ1) is 6.81. The van der Waals surface area contributed by atoms with Crippen LogP contribution < -0.4 is 5.43 Å². The van der Waals surface area contributed by atoms with Gasteiger partial charge in [-0.1, -0.05) is 6.92 Å². The van der Waals surface area contributed by atoms with Gasteiger partial charge in [0.05, 0.1) is 13.1 Å². The van der Waals surface area contributed by atoms with Crippen molar-refractivity contribution in [3.05, 3.63) is 0 Å². The van der Waals surface area contributed by atoms with Gasteiger partial charge in [-0.25, -0.2) is 5.43 Å². The van der Waals surface area contributed by atoms with E-state index in [4.69, 9.17) is 0 Å². The van der Waals surface area contributed by atoms with Crippen molar-refractivity contribution < 1.29 is 4.79 Å². The smallest absolute Gasteiger partial charge is 0.223 e. The van der Waals surface area contributed by atoms with Crippen LogP contribution >= 0.6 is 0 Å². The van der Waals surface area contributed by atoms with E-state index in [9.17, 15) is 4.79 Å². The Labute approximate surface area is 83.7 Å². The number of nitrogens with zero attached hydrogens (tertiary/aromatic N) is 3. The Morgan fingerprint density at radius 1 is 1.57 bits per heavy atom. The van der Waals surface area contributed by atoms with Gasteiger partial charge >= 0.3 is 0 Å². The van der Waals surface area contributed by atoms with Crippen molar-refractivity contribution in [2.45, 2.75) is 19.8 Å². The number of hydrazine groups is 1. The molecule has 0 saturated carbocycles. The monoisotopic (exact) mass is 196 g/mol. The summed E-state index contributed by atoms with van der Waals surface area (Å²) in [4.78, 5) is 17.8. The number of hydrogen-bond acceptors (Lipinski definition) is 4. The molecule has 2 rings (SSSR count). The fourth-order valence-corrected chi connectivity index (χ4v) is 1.79. The second-order valence-corrected chi connectivity index (χ2v) is 3.61. The third-order valence-corrected chi connectivity index (χ3v) is 2.58. The Morgan fingerprint density at radius 3 is 3.21 bits per heavy atom. The quantitative estimate of drug-likeness (QED) is 0.665. The van der Waals surface area contributed by atoms with Gasteiger partial charge in [-0.3, -0.25) is 14.8 Å². The lowest BCUT2D eigenvalue weighted by molar-refractivity contribution is -0.131. The number of carbonyl (C=O) groups is 1. The molecule has 5 nitrogen and oxygen atoms in total. The first-order valence-electron chi connectivity index (χ1n) is 5.13. The molecule has 5 heteroatoms. The number of piperazine rings is 1. The minimum Gasteiger partial charge on any atom is -0.333 e. The maximum Gasteiger partial charge on any atom is 0.223 e. The van der Waals surface area contributed by atoms with Crippen molar-refractivity contribution in [3.8, 4) is 0 Å². The van der Waals surface area contributed by atoms with Gasteiger partial charge in [0.2, 0.25) is 5.91 Å². The van der Waals surface area contributed by atoms with E-state index in [1.54, 1.807) is 0 Å². The standard InChI is InChI=1S/C9H16N4O/c1-2-3-9(14)12-4-5-13-8(6-12)10-7-11-13/h11H,2-7H2,1H3. The molecule has 2 aliphatic rings. The number of hydrogen-bond donors (Lipinski definition) is 1. The molecule has 0 radical (unpaired) electrons. The normalized spacial score (nSPS) is 20.8. The Kier molecular flexibility index (Phi) is 2.67. The average Bonchev–Trinajstić information content (AvgIpc) is 2.64. The molecule has 1 N–H and O–H groups in total. The summed E-state index contributed by atoms with van der Waals surface area (Å²) in [6, 6.07) is 0. The molecule has 0 spiro atoms. The maximum absolute atomic E-state index is 11.6. The summed E-state index contributed by atoms with van der Waals surface area (Å²) in [6.45, 7) is 5.03. The van der Waals surface area contributed by atoms with E-state index in [0.29, 0.717) is 19.6 Å². The zero-order valence-corrected chi connectivity index (χ0v) is 8.49. The summed E-state index contributed by atoms with van der Waals surface area (Å²) in [5.74, 6) is 1.25. The molecule has 0 unspecified atom stereocenters. The number of amides is 1. The van der Waals surface area contributed by atoms with Crippen LogP contribution in [0, 0.1) is 0 Å². The predicted molar refractivity (Wildman–Crippen MR) is 53.6 cm³/mol. The molecule has 1 saturated heterocycles. The first kappa shape index (κ1) is 9.45. The van der Waals surface area contributed by atoms with Gasteiger partial charge in [0.15, 0.2) is 0 Å². The Morgan fingerprint density at radius 2 is 2.43 bits per heavy atom. The second-order valence-electron chi connectivity index (χ2n) is 3.61. The highest BCUT2D eigenvalue weighted by molar-refractivity contribution is 5.90. The Bertz CT molecular complexity index is 264. The minimum absolute atomic E-state index is 0.252. The summed E-state index contributed by atoms with van der Waals surface area (Å²) in [5, 5.41) is 2.04. The molecule has 14 heavy (non-hydrogen) atoms. The predicted octanol–water partition coefficient (Wildman–Crippen LogP) is -0.195. The van der Waals surface area contributed by atoms with E-state index >= 15 is 0 Å². The van der Waals surface area contributed by atoms with Crippen molar-refractivity contribution in [1.29, 1.82) is 0 Å². The van der Waals surface area contributed by atoms with Crippen LogP contribution in [0.5, 0.6) is 0 Å². The van der Waals surface area contributed by atoms with Crippen molar-refractivity contribution in [2.24, 2.45) is 4.99 Å². The van der Waals surface area contributed by atoms with Crippen LogP contribution in [0.15, 0.2) is 4.99 Å². The molecule has 1 amide bonds. The van der Waals surface area contributed by atoms with Crippen molar-refractivity contribution >= 4 is 11.7 Å². The number of nitrogens with one attached hydrogen (secondary N) is 1. The van der Waals surface area contributed by atoms with Crippen LogP contribution in [0.1, 0.15) is 19.8 Å². The fourth-order valence-electron chi connectivity index (χ4n) is 1.79. The van der Waals surface area contributed by atoms with Crippen molar-refractivity contribution in [2.75, 3.05) is 26.3 Å². The van der Waals surface area contributed by atoms with Gasteiger partial charge in [-0.2, -0.15) is 0 Å². The Balaban J connectivity index is 1.94. The highest BCUT2D eigenvalue weighted by atomic mass is 16.2. The fraction of sp³-hybridized carbons (Fsp3) is 0.778. The second kappa shape index (κ2) is 3.96. The lowest BCUT2D eigenvalue weighted by Gasteiger charge is -2.33. The largest absolute Gasteiger partial charge is 0.333 e. The summed E-state index contributed by atoms with van der Waals surface area (Å²) >= 11 is 0. The van der Waals surface area contributed by atoms with E-state index < -0.39 is 0 Å². The number of amidine groups is 1. The van der Waals surface area contributed by atoms with Gasteiger partial charge in [0.25, 0.3) is 0 Å². The van der Waals surface area contributed by atoms with Crippen molar-refractivity contribution in [1.82, 2.24) is 15.3 Å². The Hall–Kier alpha value is -1.10. The van der Waals surface area contributed by atoms with E-state index in [1.165, 1.54) is 0 Å². The lowest BCUT2D eigenvalue weighted by Crippen LogP contribution is -2.53. The van der Waals surface area contributed by atoms with Crippen molar-refractivity contribution in [3.63, 3.8) is 0 Å². The molecule has 0 aromatic heterocycles. The highest BCUT2D eigenvalue weighted by Crippen LogP contribution is 2.08. The molecule has 0 aromatic rings. The summed E-state index contributed by atoms with van der Waals surface area (Å²) < 4.78 is 0. The molecule has 2 aliphatic heterocycles. The molecular weight excluding hydrogens is 180 g/mol. The molecular formula is C9H16N4O. The van der Waals surface area contributed by atoms with Crippen LogP contribution in [0.25, 0.3) is 0 Å². The number of rotatable bonds is 2. The molecule has 78 valence electrons. The van der Waals surface area contributed by atoms with Crippen LogP contribution in [-0.4, -0.2) is 48.0 Å². The third-order valence-electron chi connectivity index (χ3n) is 2.58. The minimum atomic E-state index is 0.252. The number of aliphatic imine (C=N–C) groups is 1. The average molecular weight is 196 g/mol. The van der Waals surface area contributed by atoms with E-state index in [1.807, 2.05) is 16.8 Å². The van der Waals surface area contributed by atoms with Crippen LogP contribution in [0.4, 0.5) is 0 Å². The van der Waals surface area contributed by atoms with Gasteiger partial charge in [0, 0.05) is 13.0 Å². The molecule has 0 aromatic carbocycles. The summed E-state index contributed by atoms with van der Waals surface area (Å²) in [5.41, 5.74) is 3.14. The maximum atomic E-state index is 11.6. The lowest BCUT2D eigenvalue weighted by atomic mass is 10.2. The topological polar surface area (TPSA) is 47.9 Å². The summed E-state index contributed by atoms with van der Waals surface area (Å²) in [7, 11) is 0. The van der Waals surface area contributed by atoms with Gasteiger partial charge in [-0.05, 0) is 6.42 Å². The first-order valence-corrected chi connectivity index (χ1v) is 5.13. The summed E-state index contributed by atoms with van der Waals surface area (Å²) in [6.07, 6.45) is 1.57. The number of fused-ring (bicyclic) bond motifs is 1. The third kappa shape index (κ3) is 1.72. The van der Waals surface area contributed by atoms with Gasteiger partial charge in [0.1, 0.15) is 12.5 Å². The van der Waals surface area contributed by atoms with Crippen LogP contribution in [0.3, 0.4) is 0 Å². The molecule has 2 heterocycles. The van der Waals surface area contributed by atoms with Crippen LogP contribution in [0.2, 0.25) is 0 Å². The SMILES string of the molecule is CCCC(=O)N1CCN2NCN=C2C1. The van der Waals surface area contributed by atoms with E-state index in [-0.39, 0.29) is 5.91 Å². The zero-order valence-electron chi connectivity index (χ0n) is 8.49. The van der Waals surface area contributed by atoms with E-state index in [0.717, 1.165) is 25.3 Å².